The Morgan fingerprint density at radius 3 is 3.12 bits per heavy atom. The van der Waals surface area contributed by atoms with Crippen molar-refractivity contribution in [3.8, 4) is 0 Å². The molecule has 2 aromatic rings. The van der Waals surface area contributed by atoms with Crippen molar-refractivity contribution in [2.45, 2.75) is 31.5 Å². The van der Waals surface area contributed by atoms with Crippen LogP contribution in [0.3, 0.4) is 0 Å². The fourth-order valence-electron chi connectivity index (χ4n) is 2.22. The molecule has 1 N–H and O–H groups in total. The molecule has 1 aliphatic carbocycles. The van der Waals surface area contributed by atoms with E-state index in [9.17, 15) is 4.39 Å². The molecular formula is C11H13FN4. The number of fused-ring (bicyclic) bond motifs is 1. The zero-order valence-corrected chi connectivity index (χ0v) is 8.81. The van der Waals surface area contributed by atoms with Crippen molar-refractivity contribution in [2.75, 3.05) is 5.32 Å². The lowest BCUT2D eigenvalue weighted by Crippen LogP contribution is -2.25. The first-order valence-electron chi connectivity index (χ1n) is 5.53. The Balaban J connectivity index is 1.91. The summed E-state index contributed by atoms with van der Waals surface area (Å²) in [6.45, 7) is 0. The largest absolute Gasteiger partial charge is 0.363 e. The molecule has 0 aliphatic heterocycles. The fourth-order valence-corrected chi connectivity index (χ4v) is 2.22. The van der Waals surface area contributed by atoms with E-state index in [1.54, 1.807) is 23.1 Å². The molecular weight excluding hydrogens is 207 g/mol. The lowest BCUT2D eigenvalue weighted by molar-refractivity contribution is 0.323. The van der Waals surface area contributed by atoms with E-state index in [0.29, 0.717) is 6.42 Å². The second-order valence-electron chi connectivity index (χ2n) is 4.13. The monoisotopic (exact) mass is 220 g/mol. The molecule has 1 fully saturated rings. The Bertz CT molecular complexity index is 495. The van der Waals surface area contributed by atoms with Gasteiger partial charge in [0.15, 0.2) is 5.82 Å². The number of rotatable bonds is 2. The molecule has 5 heteroatoms. The number of nitrogens with one attached hydrogen (secondary N) is 1. The Morgan fingerprint density at radius 2 is 2.31 bits per heavy atom. The first-order chi connectivity index (χ1) is 7.84. The summed E-state index contributed by atoms with van der Waals surface area (Å²) >= 11 is 0. The van der Waals surface area contributed by atoms with Crippen molar-refractivity contribution in [3.63, 3.8) is 0 Å². The maximum absolute atomic E-state index is 13.5. The number of aromatic nitrogens is 3. The van der Waals surface area contributed by atoms with Crippen molar-refractivity contribution in [1.82, 2.24) is 14.6 Å². The smallest absolute Gasteiger partial charge is 0.152 e. The lowest BCUT2D eigenvalue weighted by Gasteiger charge is -2.15. The Morgan fingerprint density at radius 1 is 1.38 bits per heavy atom. The van der Waals surface area contributed by atoms with Crippen LogP contribution < -0.4 is 5.32 Å². The van der Waals surface area contributed by atoms with Gasteiger partial charge in [0.25, 0.3) is 0 Å². The average molecular weight is 220 g/mol. The van der Waals surface area contributed by atoms with Crippen LogP contribution in [0.2, 0.25) is 0 Å². The van der Waals surface area contributed by atoms with Gasteiger partial charge in [0.1, 0.15) is 11.7 Å². The van der Waals surface area contributed by atoms with Crippen molar-refractivity contribution < 1.29 is 4.39 Å². The highest BCUT2D eigenvalue weighted by atomic mass is 19.1. The highest BCUT2D eigenvalue weighted by Crippen LogP contribution is 2.26. The summed E-state index contributed by atoms with van der Waals surface area (Å²) in [6.07, 6.45) is 6.88. The summed E-state index contributed by atoms with van der Waals surface area (Å²) in [4.78, 5) is 4.24. The maximum Gasteiger partial charge on any atom is 0.152 e. The third-order valence-corrected chi connectivity index (χ3v) is 3.08. The van der Waals surface area contributed by atoms with Crippen LogP contribution in [0.15, 0.2) is 24.7 Å². The van der Waals surface area contributed by atoms with Gasteiger partial charge in [-0.15, -0.1) is 0 Å². The normalized spacial score (nSPS) is 25.1. The molecule has 0 bridgehead atoms. The molecule has 1 aliphatic rings. The minimum atomic E-state index is -0.759. The summed E-state index contributed by atoms with van der Waals surface area (Å²) in [5.41, 5.74) is 0.890. The minimum absolute atomic E-state index is 0.103. The molecule has 0 amide bonds. The summed E-state index contributed by atoms with van der Waals surface area (Å²) in [5.74, 6) is 0.717. The number of anilines is 1. The van der Waals surface area contributed by atoms with Gasteiger partial charge in [-0.1, -0.05) is 0 Å². The van der Waals surface area contributed by atoms with Crippen molar-refractivity contribution >= 4 is 11.3 Å². The Kier molecular flexibility index (Phi) is 2.23. The topological polar surface area (TPSA) is 42.2 Å². The first-order valence-corrected chi connectivity index (χ1v) is 5.53. The molecule has 2 heterocycles. The van der Waals surface area contributed by atoms with Crippen LogP contribution in [0.4, 0.5) is 10.2 Å². The van der Waals surface area contributed by atoms with E-state index in [1.807, 2.05) is 6.07 Å². The Labute approximate surface area is 92.5 Å². The van der Waals surface area contributed by atoms with Gasteiger partial charge in [0.2, 0.25) is 0 Å². The zero-order valence-electron chi connectivity index (χ0n) is 8.81. The highest BCUT2D eigenvalue weighted by Gasteiger charge is 2.27. The molecule has 2 aromatic heterocycles. The molecule has 2 atom stereocenters. The lowest BCUT2D eigenvalue weighted by atomic mass is 10.2. The van der Waals surface area contributed by atoms with E-state index in [0.717, 1.165) is 24.2 Å². The van der Waals surface area contributed by atoms with Gasteiger partial charge >= 0.3 is 0 Å². The molecule has 16 heavy (non-hydrogen) atoms. The predicted octanol–water partition coefficient (Wildman–Crippen LogP) is 2.03. The number of hydrogen-bond acceptors (Lipinski definition) is 3. The van der Waals surface area contributed by atoms with Crippen molar-refractivity contribution in [1.29, 1.82) is 0 Å². The van der Waals surface area contributed by atoms with E-state index in [1.165, 1.54) is 0 Å². The van der Waals surface area contributed by atoms with Gasteiger partial charge in [-0.25, -0.2) is 13.9 Å². The van der Waals surface area contributed by atoms with Gasteiger partial charge in [-0.05, 0) is 25.3 Å². The van der Waals surface area contributed by atoms with Crippen LogP contribution >= 0.6 is 0 Å². The van der Waals surface area contributed by atoms with Crippen LogP contribution in [0.5, 0.6) is 0 Å². The molecule has 0 saturated heterocycles. The molecule has 1 saturated carbocycles. The molecule has 0 radical (unpaired) electrons. The van der Waals surface area contributed by atoms with Crippen LogP contribution in [0.25, 0.3) is 5.52 Å². The van der Waals surface area contributed by atoms with Gasteiger partial charge in [-0.3, -0.25) is 0 Å². The first kappa shape index (κ1) is 9.57. The van der Waals surface area contributed by atoms with Crippen molar-refractivity contribution in [3.05, 3.63) is 24.7 Å². The summed E-state index contributed by atoms with van der Waals surface area (Å²) in [5, 5.41) is 7.29. The number of alkyl halides is 1. The summed E-state index contributed by atoms with van der Waals surface area (Å²) in [6, 6.07) is 1.77. The quantitative estimate of drug-likeness (QED) is 0.842. The van der Waals surface area contributed by atoms with Crippen LogP contribution in [0.1, 0.15) is 19.3 Å². The third kappa shape index (κ3) is 1.52. The summed E-state index contributed by atoms with van der Waals surface area (Å²) in [7, 11) is 0. The zero-order chi connectivity index (χ0) is 11.0. The molecule has 2 unspecified atom stereocenters. The van der Waals surface area contributed by atoms with Gasteiger partial charge < -0.3 is 5.32 Å². The fraction of sp³-hybridized carbons (Fsp3) is 0.455. The van der Waals surface area contributed by atoms with E-state index >= 15 is 0 Å². The van der Waals surface area contributed by atoms with E-state index < -0.39 is 6.17 Å². The molecule has 84 valence electrons. The van der Waals surface area contributed by atoms with Crippen LogP contribution in [-0.2, 0) is 0 Å². The number of hydrogen-bond donors (Lipinski definition) is 1. The SMILES string of the molecule is FC1CCCC1Nc1nccn2nccc12. The average Bonchev–Trinajstić information content (AvgIpc) is 2.89. The highest BCUT2D eigenvalue weighted by molar-refractivity contribution is 5.67. The number of halogens is 1. The Hall–Kier alpha value is -1.65. The van der Waals surface area contributed by atoms with Crippen LogP contribution in [0, 0.1) is 0 Å². The van der Waals surface area contributed by atoms with Crippen molar-refractivity contribution in [2.24, 2.45) is 0 Å². The third-order valence-electron chi connectivity index (χ3n) is 3.08. The van der Waals surface area contributed by atoms with Gasteiger partial charge in [0, 0.05) is 12.4 Å². The van der Waals surface area contributed by atoms with E-state index in [4.69, 9.17) is 0 Å². The maximum atomic E-state index is 13.5. The van der Waals surface area contributed by atoms with E-state index in [-0.39, 0.29) is 6.04 Å². The second kappa shape index (κ2) is 3.73. The van der Waals surface area contributed by atoms with Gasteiger partial charge in [0.05, 0.1) is 12.2 Å². The minimum Gasteiger partial charge on any atom is -0.363 e. The van der Waals surface area contributed by atoms with Crippen LogP contribution in [-0.4, -0.2) is 26.8 Å². The number of nitrogens with zero attached hydrogens (tertiary/aromatic N) is 3. The summed E-state index contributed by atoms with van der Waals surface area (Å²) < 4.78 is 15.2. The second-order valence-corrected chi connectivity index (χ2v) is 4.13. The molecule has 0 aromatic carbocycles. The van der Waals surface area contributed by atoms with E-state index in [2.05, 4.69) is 15.4 Å². The molecule has 4 nitrogen and oxygen atoms in total. The standard InChI is InChI=1S/C11H13FN4/c12-8-2-1-3-9(8)15-11-10-4-5-14-16(10)7-6-13-11/h4-9H,1-3H2,(H,13,15). The van der Waals surface area contributed by atoms with Gasteiger partial charge in [-0.2, -0.15) is 5.10 Å². The molecule has 3 rings (SSSR count). The molecule has 0 spiro atoms. The predicted molar refractivity (Wildman–Crippen MR) is 59.1 cm³/mol.